The lowest BCUT2D eigenvalue weighted by Crippen LogP contribution is -2.17. The summed E-state index contributed by atoms with van der Waals surface area (Å²) in [5, 5.41) is 11.7. The van der Waals surface area contributed by atoms with Crippen molar-refractivity contribution in [1.82, 2.24) is 9.55 Å². The highest BCUT2D eigenvalue weighted by Crippen LogP contribution is 2.29. The van der Waals surface area contributed by atoms with E-state index in [1.807, 2.05) is 6.07 Å². The van der Waals surface area contributed by atoms with Crippen molar-refractivity contribution in [3.8, 4) is 11.8 Å². The first kappa shape index (κ1) is 17.0. The van der Waals surface area contributed by atoms with Crippen molar-refractivity contribution in [2.75, 3.05) is 6.61 Å². The molecule has 0 bridgehead atoms. The summed E-state index contributed by atoms with van der Waals surface area (Å²) in [4.78, 5) is 16.6. The molecule has 0 atom stereocenters. The van der Waals surface area contributed by atoms with E-state index in [4.69, 9.17) is 4.74 Å². The summed E-state index contributed by atoms with van der Waals surface area (Å²) in [7, 11) is 1.73. The van der Waals surface area contributed by atoms with E-state index in [0.717, 1.165) is 29.1 Å². The van der Waals surface area contributed by atoms with E-state index < -0.39 is 0 Å². The van der Waals surface area contributed by atoms with Gasteiger partial charge < -0.3 is 9.30 Å². The van der Waals surface area contributed by atoms with Crippen molar-refractivity contribution in [2.24, 2.45) is 13.0 Å². The van der Waals surface area contributed by atoms with Gasteiger partial charge in [-0.15, -0.1) is 0 Å². The minimum absolute atomic E-state index is 0.105. The maximum atomic E-state index is 12.6. The number of aryl methyl sites for hydroxylation is 1. The minimum Gasteiger partial charge on any atom is -0.492 e. The van der Waals surface area contributed by atoms with Gasteiger partial charge in [-0.05, 0) is 36.3 Å². The van der Waals surface area contributed by atoms with Crippen LogP contribution in [0.5, 0.6) is 5.75 Å². The average Bonchev–Trinajstić information content (AvgIpc) is 2.62. The van der Waals surface area contributed by atoms with Crippen molar-refractivity contribution in [3.05, 3.63) is 46.5 Å². The van der Waals surface area contributed by atoms with E-state index >= 15 is 0 Å². The molecule has 5 heteroatoms. The first-order valence-corrected chi connectivity index (χ1v) is 8.46. The Balaban J connectivity index is 2.12. The molecule has 1 aromatic carbocycles. The Morgan fingerprint density at radius 2 is 2.08 bits per heavy atom. The topological polar surface area (TPSA) is 67.9 Å². The molecule has 5 nitrogen and oxygen atoms in total. The lowest BCUT2D eigenvalue weighted by atomic mass is 10.0. The monoisotopic (exact) mass is 335 g/mol. The maximum absolute atomic E-state index is 12.6. The Labute approximate surface area is 146 Å². The van der Waals surface area contributed by atoms with E-state index in [9.17, 15) is 10.1 Å². The van der Waals surface area contributed by atoms with Crippen LogP contribution in [-0.4, -0.2) is 16.2 Å². The predicted molar refractivity (Wildman–Crippen MR) is 98.8 cm³/mol. The van der Waals surface area contributed by atoms with Crippen molar-refractivity contribution in [2.45, 2.75) is 26.7 Å². The molecule has 3 rings (SSSR count). The third-order valence-corrected chi connectivity index (χ3v) is 4.41. The highest BCUT2D eigenvalue weighted by Gasteiger charge is 2.13. The Morgan fingerprint density at radius 1 is 1.28 bits per heavy atom. The van der Waals surface area contributed by atoms with Crippen LogP contribution in [0.3, 0.4) is 0 Å². The molecule has 0 aliphatic heterocycles. The van der Waals surface area contributed by atoms with Gasteiger partial charge in [-0.3, -0.25) is 9.78 Å². The fraction of sp³-hybridized carbons (Fsp3) is 0.350. The molecule has 0 aliphatic rings. The molecule has 0 saturated heterocycles. The molecule has 0 spiro atoms. The van der Waals surface area contributed by atoms with Gasteiger partial charge in [0.25, 0.3) is 5.56 Å². The molecule has 2 heterocycles. The Kier molecular flexibility index (Phi) is 4.71. The first-order valence-electron chi connectivity index (χ1n) is 8.46. The van der Waals surface area contributed by atoms with Crippen LogP contribution in [0.4, 0.5) is 0 Å². The molecule has 0 amide bonds. The van der Waals surface area contributed by atoms with E-state index in [1.54, 1.807) is 36.1 Å². The number of nitriles is 1. The van der Waals surface area contributed by atoms with Crippen molar-refractivity contribution in [3.63, 3.8) is 0 Å². The summed E-state index contributed by atoms with van der Waals surface area (Å²) < 4.78 is 7.43. The van der Waals surface area contributed by atoms with E-state index in [2.05, 4.69) is 24.9 Å². The fourth-order valence-corrected chi connectivity index (χ4v) is 3.03. The number of rotatable bonds is 5. The summed E-state index contributed by atoms with van der Waals surface area (Å²) in [6.07, 6.45) is 5.23. The molecule has 3 aromatic rings. The van der Waals surface area contributed by atoms with Crippen LogP contribution in [0.2, 0.25) is 0 Å². The van der Waals surface area contributed by atoms with Gasteiger partial charge in [0.05, 0.1) is 23.1 Å². The van der Waals surface area contributed by atoms with Crippen LogP contribution < -0.4 is 10.3 Å². The minimum atomic E-state index is -0.105. The van der Waals surface area contributed by atoms with Gasteiger partial charge in [0.15, 0.2) is 0 Å². The quantitative estimate of drug-likeness (QED) is 0.526. The number of aromatic nitrogens is 2. The van der Waals surface area contributed by atoms with E-state index in [0.29, 0.717) is 29.2 Å². The second kappa shape index (κ2) is 6.94. The average molecular weight is 335 g/mol. The standard InChI is InChI=1S/C20H21N3O2/c1-13(2)5-4-8-25-19-10-18-16(9-14(19)11-21)15-6-7-22-12-17(15)20(24)23(18)3/h6-7,9-10,12-13H,4-5,8H2,1-3H3. The van der Waals surface area contributed by atoms with Crippen LogP contribution >= 0.6 is 0 Å². The Hall–Kier alpha value is -2.87. The lowest BCUT2D eigenvalue weighted by Gasteiger charge is -2.13. The van der Waals surface area contributed by atoms with Crippen LogP contribution in [0.15, 0.2) is 35.4 Å². The SMILES string of the molecule is CC(C)CCCOc1cc2c(cc1C#N)c1ccncc1c(=O)n2C. The molecule has 0 N–H and O–H groups in total. The third kappa shape index (κ3) is 3.20. The lowest BCUT2D eigenvalue weighted by molar-refractivity contribution is 0.297. The summed E-state index contributed by atoms with van der Waals surface area (Å²) >= 11 is 0. The van der Waals surface area contributed by atoms with E-state index in [-0.39, 0.29) is 5.56 Å². The molecule has 0 unspecified atom stereocenters. The number of benzene rings is 1. The number of ether oxygens (including phenoxy) is 1. The van der Waals surface area contributed by atoms with Gasteiger partial charge in [0.1, 0.15) is 11.8 Å². The summed E-state index contributed by atoms with van der Waals surface area (Å²) in [6.45, 7) is 4.91. The van der Waals surface area contributed by atoms with Crippen LogP contribution in [0, 0.1) is 17.2 Å². The molecule has 25 heavy (non-hydrogen) atoms. The number of nitrogens with zero attached hydrogens (tertiary/aromatic N) is 3. The number of hydrogen-bond donors (Lipinski definition) is 0. The van der Waals surface area contributed by atoms with Gasteiger partial charge >= 0.3 is 0 Å². The van der Waals surface area contributed by atoms with Gasteiger partial charge in [-0.25, -0.2) is 0 Å². The zero-order valence-corrected chi connectivity index (χ0v) is 14.7. The number of hydrogen-bond acceptors (Lipinski definition) is 4. The third-order valence-electron chi connectivity index (χ3n) is 4.41. The zero-order valence-electron chi connectivity index (χ0n) is 14.7. The Morgan fingerprint density at radius 3 is 2.80 bits per heavy atom. The van der Waals surface area contributed by atoms with Crippen LogP contribution in [-0.2, 0) is 7.05 Å². The number of pyridine rings is 2. The molecule has 0 radical (unpaired) electrons. The van der Waals surface area contributed by atoms with Gasteiger partial charge in [-0.2, -0.15) is 5.26 Å². The maximum Gasteiger partial charge on any atom is 0.260 e. The van der Waals surface area contributed by atoms with Crippen LogP contribution in [0.25, 0.3) is 21.7 Å². The summed E-state index contributed by atoms with van der Waals surface area (Å²) in [6, 6.07) is 7.61. The summed E-state index contributed by atoms with van der Waals surface area (Å²) in [5.74, 6) is 1.15. The molecular weight excluding hydrogens is 314 g/mol. The summed E-state index contributed by atoms with van der Waals surface area (Å²) in [5.41, 5.74) is 1.13. The normalized spacial score (nSPS) is 11.2. The molecule has 0 fully saturated rings. The second-order valence-electron chi connectivity index (χ2n) is 6.65. The van der Waals surface area contributed by atoms with Crippen molar-refractivity contribution < 1.29 is 4.74 Å². The van der Waals surface area contributed by atoms with Crippen LogP contribution in [0.1, 0.15) is 32.3 Å². The van der Waals surface area contributed by atoms with Crippen molar-refractivity contribution in [1.29, 1.82) is 5.26 Å². The first-order chi connectivity index (χ1) is 12.0. The number of fused-ring (bicyclic) bond motifs is 3. The largest absolute Gasteiger partial charge is 0.492 e. The molecular formula is C20H21N3O2. The fourth-order valence-electron chi connectivity index (χ4n) is 3.03. The zero-order chi connectivity index (χ0) is 18.0. The van der Waals surface area contributed by atoms with Gasteiger partial charge in [0.2, 0.25) is 0 Å². The van der Waals surface area contributed by atoms with Crippen molar-refractivity contribution >= 4 is 21.7 Å². The van der Waals surface area contributed by atoms with Gasteiger partial charge in [0, 0.05) is 30.9 Å². The highest BCUT2D eigenvalue weighted by molar-refractivity contribution is 6.06. The smallest absolute Gasteiger partial charge is 0.260 e. The molecule has 0 aliphatic carbocycles. The van der Waals surface area contributed by atoms with Gasteiger partial charge in [-0.1, -0.05) is 13.8 Å². The predicted octanol–water partition coefficient (Wildman–Crippen LogP) is 3.77. The second-order valence-corrected chi connectivity index (χ2v) is 6.65. The molecule has 2 aromatic heterocycles. The molecule has 0 saturated carbocycles. The highest BCUT2D eigenvalue weighted by atomic mass is 16.5. The Bertz CT molecular complexity index is 1030. The molecule has 128 valence electrons. The van der Waals surface area contributed by atoms with E-state index in [1.165, 1.54) is 0 Å².